The summed E-state index contributed by atoms with van der Waals surface area (Å²) in [6.45, 7) is 1.48. The highest BCUT2D eigenvalue weighted by atomic mass is 16.5. The van der Waals surface area contributed by atoms with E-state index in [1.54, 1.807) is 12.1 Å². The van der Waals surface area contributed by atoms with Gasteiger partial charge in [0.05, 0.1) is 20.3 Å². The summed E-state index contributed by atoms with van der Waals surface area (Å²) in [6, 6.07) is 14.1. The summed E-state index contributed by atoms with van der Waals surface area (Å²) in [6.07, 6.45) is 0. The number of ether oxygens (including phenoxy) is 3. The standard InChI is InChI=1S/C19H21NO5/c1-13(14-7-5-4-6-8-14)20-18(21)12-25-19(22)16-11-15(23-2)9-10-17(16)24-3/h4-11,13H,12H2,1-3H3,(H,20,21). The minimum atomic E-state index is -0.654. The molecule has 2 aromatic rings. The van der Waals surface area contributed by atoms with E-state index in [-0.39, 0.29) is 24.1 Å². The Morgan fingerprint density at radius 1 is 1.04 bits per heavy atom. The van der Waals surface area contributed by atoms with E-state index in [0.717, 1.165) is 5.56 Å². The molecule has 0 aromatic heterocycles. The molecule has 1 N–H and O–H groups in total. The second-order valence-corrected chi connectivity index (χ2v) is 5.34. The molecule has 0 aliphatic carbocycles. The maximum atomic E-state index is 12.2. The van der Waals surface area contributed by atoms with Crippen molar-refractivity contribution in [1.82, 2.24) is 5.32 Å². The molecule has 0 saturated heterocycles. The molecule has 0 aliphatic heterocycles. The van der Waals surface area contributed by atoms with E-state index in [4.69, 9.17) is 14.2 Å². The summed E-state index contributed by atoms with van der Waals surface area (Å²) in [5.74, 6) is -0.191. The van der Waals surface area contributed by atoms with Crippen molar-refractivity contribution in [3.63, 3.8) is 0 Å². The molecule has 0 spiro atoms. The average molecular weight is 343 g/mol. The van der Waals surface area contributed by atoms with Gasteiger partial charge in [0, 0.05) is 0 Å². The highest BCUT2D eigenvalue weighted by molar-refractivity contribution is 5.94. The Hall–Kier alpha value is -3.02. The van der Waals surface area contributed by atoms with Gasteiger partial charge in [-0.1, -0.05) is 30.3 Å². The van der Waals surface area contributed by atoms with Crippen molar-refractivity contribution in [2.45, 2.75) is 13.0 Å². The van der Waals surface area contributed by atoms with Crippen LogP contribution in [0.1, 0.15) is 28.9 Å². The third-order valence-corrected chi connectivity index (χ3v) is 3.64. The van der Waals surface area contributed by atoms with E-state index in [2.05, 4.69) is 5.32 Å². The number of nitrogens with one attached hydrogen (secondary N) is 1. The van der Waals surface area contributed by atoms with E-state index >= 15 is 0 Å². The number of carbonyl (C=O) groups excluding carboxylic acids is 2. The number of hydrogen-bond acceptors (Lipinski definition) is 5. The smallest absolute Gasteiger partial charge is 0.342 e. The van der Waals surface area contributed by atoms with E-state index in [9.17, 15) is 9.59 Å². The predicted molar refractivity (Wildman–Crippen MR) is 92.8 cm³/mol. The monoisotopic (exact) mass is 343 g/mol. The van der Waals surface area contributed by atoms with Gasteiger partial charge >= 0.3 is 5.97 Å². The van der Waals surface area contributed by atoms with Crippen LogP contribution in [0, 0.1) is 0 Å². The lowest BCUT2D eigenvalue weighted by Gasteiger charge is -2.15. The Balaban J connectivity index is 1.94. The van der Waals surface area contributed by atoms with Crippen molar-refractivity contribution >= 4 is 11.9 Å². The molecular weight excluding hydrogens is 322 g/mol. The fourth-order valence-electron chi connectivity index (χ4n) is 2.29. The summed E-state index contributed by atoms with van der Waals surface area (Å²) < 4.78 is 15.3. The molecular formula is C19H21NO5. The Bertz CT molecular complexity index is 730. The highest BCUT2D eigenvalue weighted by Gasteiger charge is 2.17. The van der Waals surface area contributed by atoms with Crippen LogP contribution in [0.3, 0.4) is 0 Å². The maximum Gasteiger partial charge on any atom is 0.342 e. The van der Waals surface area contributed by atoms with E-state index in [0.29, 0.717) is 11.5 Å². The third kappa shape index (κ3) is 4.97. The first-order chi connectivity index (χ1) is 12.0. The second-order valence-electron chi connectivity index (χ2n) is 5.34. The fourth-order valence-corrected chi connectivity index (χ4v) is 2.29. The fraction of sp³-hybridized carbons (Fsp3) is 0.263. The second kappa shape index (κ2) is 8.73. The van der Waals surface area contributed by atoms with Crippen LogP contribution in [0.2, 0.25) is 0 Å². The molecule has 0 bridgehead atoms. The molecule has 2 rings (SSSR count). The summed E-state index contributed by atoms with van der Waals surface area (Å²) in [5, 5.41) is 2.78. The quantitative estimate of drug-likeness (QED) is 0.783. The van der Waals surface area contributed by atoms with E-state index in [1.165, 1.54) is 20.3 Å². The van der Waals surface area contributed by atoms with Crippen molar-refractivity contribution in [2.75, 3.05) is 20.8 Å². The van der Waals surface area contributed by atoms with Gasteiger partial charge in [0.25, 0.3) is 5.91 Å². The Morgan fingerprint density at radius 2 is 1.76 bits per heavy atom. The Kier molecular flexibility index (Phi) is 6.39. The molecule has 0 saturated carbocycles. The van der Waals surface area contributed by atoms with Crippen LogP contribution in [0.5, 0.6) is 11.5 Å². The highest BCUT2D eigenvalue weighted by Crippen LogP contribution is 2.24. The van der Waals surface area contributed by atoms with Crippen LogP contribution < -0.4 is 14.8 Å². The van der Waals surface area contributed by atoms with Gasteiger partial charge in [-0.15, -0.1) is 0 Å². The van der Waals surface area contributed by atoms with Crippen molar-refractivity contribution in [3.05, 3.63) is 59.7 Å². The topological polar surface area (TPSA) is 73.9 Å². The van der Waals surface area contributed by atoms with Gasteiger partial charge in [-0.25, -0.2) is 4.79 Å². The van der Waals surface area contributed by atoms with Crippen LogP contribution in [-0.2, 0) is 9.53 Å². The number of carbonyl (C=O) groups is 2. The molecule has 6 heteroatoms. The van der Waals surface area contributed by atoms with Crippen molar-refractivity contribution in [3.8, 4) is 11.5 Å². The summed E-state index contributed by atoms with van der Waals surface area (Å²) in [7, 11) is 2.95. The third-order valence-electron chi connectivity index (χ3n) is 3.64. The number of rotatable bonds is 7. The van der Waals surface area contributed by atoms with Crippen LogP contribution in [0.15, 0.2) is 48.5 Å². The van der Waals surface area contributed by atoms with Gasteiger partial charge in [0.15, 0.2) is 6.61 Å². The first-order valence-electron chi connectivity index (χ1n) is 7.78. The minimum Gasteiger partial charge on any atom is -0.497 e. The number of amides is 1. The van der Waals surface area contributed by atoms with Crippen molar-refractivity contribution < 1.29 is 23.8 Å². The number of hydrogen-bond donors (Lipinski definition) is 1. The van der Waals surface area contributed by atoms with E-state index < -0.39 is 5.97 Å². The molecule has 2 aromatic carbocycles. The summed E-state index contributed by atoms with van der Waals surface area (Å²) >= 11 is 0. The Labute approximate surface area is 146 Å². The molecule has 0 heterocycles. The lowest BCUT2D eigenvalue weighted by molar-refractivity contribution is -0.124. The molecule has 1 atom stereocenters. The zero-order valence-electron chi connectivity index (χ0n) is 14.4. The van der Waals surface area contributed by atoms with Crippen LogP contribution in [0.25, 0.3) is 0 Å². The molecule has 1 amide bonds. The molecule has 25 heavy (non-hydrogen) atoms. The van der Waals surface area contributed by atoms with Gasteiger partial charge in [0.2, 0.25) is 0 Å². The van der Waals surface area contributed by atoms with Gasteiger partial charge in [-0.2, -0.15) is 0 Å². The largest absolute Gasteiger partial charge is 0.497 e. The first kappa shape index (κ1) is 18.3. The van der Waals surface area contributed by atoms with Gasteiger partial charge in [0.1, 0.15) is 17.1 Å². The Morgan fingerprint density at radius 3 is 2.40 bits per heavy atom. The van der Waals surface area contributed by atoms with Gasteiger partial charge < -0.3 is 19.5 Å². The van der Waals surface area contributed by atoms with Crippen LogP contribution in [-0.4, -0.2) is 32.7 Å². The molecule has 1 unspecified atom stereocenters. The number of methoxy groups -OCH3 is 2. The molecule has 6 nitrogen and oxygen atoms in total. The van der Waals surface area contributed by atoms with Crippen LogP contribution in [0.4, 0.5) is 0 Å². The molecule has 132 valence electrons. The maximum absolute atomic E-state index is 12.2. The predicted octanol–water partition coefficient (Wildman–Crippen LogP) is 2.74. The zero-order chi connectivity index (χ0) is 18.2. The average Bonchev–Trinajstić information content (AvgIpc) is 2.66. The lowest BCUT2D eigenvalue weighted by Crippen LogP contribution is -2.31. The van der Waals surface area contributed by atoms with Crippen molar-refractivity contribution in [2.24, 2.45) is 0 Å². The number of benzene rings is 2. The first-order valence-corrected chi connectivity index (χ1v) is 7.78. The van der Waals surface area contributed by atoms with Gasteiger partial charge in [-0.3, -0.25) is 4.79 Å². The van der Waals surface area contributed by atoms with E-state index in [1.807, 2.05) is 37.3 Å². The summed E-state index contributed by atoms with van der Waals surface area (Å²) in [4.78, 5) is 24.2. The van der Waals surface area contributed by atoms with Crippen molar-refractivity contribution in [1.29, 1.82) is 0 Å². The summed E-state index contributed by atoms with van der Waals surface area (Å²) in [5.41, 5.74) is 1.17. The van der Waals surface area contributed by atoms with Gasteiger partial charge in [-0.05, 0) is 30.7 Å². The molecule has 0 aliphatic rings. The lowest BCUT2D eigenvalue weighted by atomic mass is 10.1. The normalized spacial score (nSPS) is 11.3. The minimum absolute atomic E-state index is 0.182. The SMILES string of the molecule is COc1ccc(OC)c(C(=O)OCC(=O)NC(C)c2ccccc2)c1. The molecule has 0 radical (unpaired) electrons. The molecule has 0 fully saturated rings. The number of esters is 1. The van der Waals surface area contributed by atoms with Crippen LogP contribution >= 0.6 is 0 Å². The zero-order valence-corrected chi connectivity index (χ0v) is 14.4.